The first-order chi connectivity index (χ1) is 10.5. The largest absolute Gasteiger partial charge is 0.384 e. The lowest BCUT2D eigenvalue weighted by atomic mass is 10.2. The topological polar surface area (TPSA) is 89.6 Å². The third-order valence-electron chi connectivity index (χ3n) is 2.68. The van der Waals surface area contributed by atoms with E-state index >= 15 is 0 Å². The molecule has 0 aliphatic rings. The van der Waals surface area contributed by atoms with Gasteiger partial charge in [0, 0.05) is 16.8 Å². The van der Waals surface area contributed by atoms with Gasteiger partial charge in [-0.3, -0.25) is 4.79 Å². The van der Waals surface area contributed by atoms with Crippen LogP contribution in [0.15, 0.2) is 34.8 Å². The minimum atomic E-state index is -0.285. The number of oxime groups is 1. The Morgan fingerprint density at radius 3 is 2.95 bits per heavy atom. The maximum atomic E-state index is 11.7. The number of hydrogen-bond donors (Lipinski definition) is 2. The van der Waals surface area contributed by atoms with Crippen molar-refractivity contribution in [2.45, 2.75) is 20.3 Å². The highest BCUT2D eigenvalue weighted by atomic mass is 32.1. The summed E-state index contributed by atoms with van der Waals surface area (Å²) in [5.74, 6) is 0.00458. The van der Waals surface area contributed by atoms with Gasteiger partial charge in [0.25, 0.3) is 5.91 Å². The van der Waals surface area contributed by atoms with E-state index in [1.807, 2.05) is 43.5 Å². The Balaban J connectivity index is 1.77. The van der Waals surface area contributed by atoms with Crippen LogP contribution >= 0.6 is 11.3 Å². The number of nitrogens with zero attached hydrogens (tertiary/aromatic N) is 2. The Hall–Kier alpha value is -2.41. The summed E-state index contributed by atoms with van der Waals surface area (Å²) in [7, 11) is 0. The molecule has 0 aliphatic heterocycles. The van der Waals surface area contributed by atoms with Crippen LogP contribution in [0.5, 0.6) is 0 Å². The fraction of sp³-hybridized carbons (Fsp3) is 0.267. The Morgan fingerprint density at radius 1 is 1.45 bits per heavy atom. The molecule has 116 valence electrons. The minimum Gasteiger partial charge on any atom is -0.384 e. The van der Waals surface area contributed by atoms with Crippen molar-refractivity contribution in [2.24, 2.45) is 10.9 Å². The summed E-state index contributed by atoms with van der Waals surface area (Å²) < 4.78 is 0. The van der Waals surface area contributed by atoms with E-state index in [4.69, 9.17) is 10.6 Å². The van der Waals surface area contributed by atoms with Crippen molar-refractivity contribution < 1.29 is 9.63 Å². The molecule has 3 N–H and O–H groups in total. The van der Waals surface area contributed by atoms with E-state index in [9.17, 15) is 4.79 Å². The summed E-state index contributed by atoms with van der Waals surface area (Å²) in [4.78, 5) is 21.0. The van der Waals surface area contributed by atoms with E-state index < -0.39 is 0 Å². The molecule has 0 radical (unpaired) electrons. The smallest absolute Gasteiger partial charge is 0.265 e. The molecule has 0 spiro atoms. The molecule has 22 heavy (non-hydrogen) atoms. The van der Waals surface area contributed by atoms with Crippen LogP contribution in [0.3, 0.4) is 0 Å². The summed E-state index contributed by atoms with van der Waals surface area (Å²) in [6.07, 6.45) is 0.415. The molecule has 0 atom stereocenters. The van der Waals surface area contributed by atoms with Gasteiger partial charge < -0.3 is 15.9 Å². The molecule has 1 amide bonds. The van der Waals surface area contributed by atoms with E-state index in [2.05, 4.69) is 15.5 Å². The van der Waals surface area contributed by atoms with Gasteiger partial charge in [0.05, 0.1) is 6.42 Å². The minimum absolute atomic E-state index is 0.189. The summed E-state index contributed by atoms with van der Waals surface area (Å²) in [5.41, 5.74) is 8.48. The summed E-state index contributed by atoms with van der Waals surface area (Å²) in [6, 6.07) is 7.52. The van der Waals surface area contributed by atoms with Crippen molar-refractivity contribution in [1.29, 1.82) is 0 Å². The highest BCUT2D eigenvalue weighted by Crippen LogP contribution is 2.10. The standard InChI is InChI=1S/C15H18N4O2S/c1-10-4-3-5-12(6-10)18-14(20)8-21-19-13(16)7-15-17-11(2)9-22-15/h3-6,9H,7-8H2,1-2H3,(H2,16,19)(H,18,20). The monoisotopic (exact) mass is 318 g/mol. The van der Waals surface area contributed by atoms with Gasteiger partial charge in [-0.05, 0) is 31.5 Å². The number of amidine groups is 1. The van der Waals surface area contributed by atoms with Crippen LogP contribution in [0.2, 0.25) is 0 Å². The Morgan fingerprint density at radius 2 is 2.27 bits per heavy atom. The van der Waals surface area contributed by atoms with E-state index in [-0.39, 0.29) is 18.3 Å². The Labute approximate surface area is 133 Å². The molecule has 1 aromatic heterocycles. The third kappa shape index (κ3) is 5.17. The fourth-order valence-corrected chi connectivity index (χ4v) is 2.55. The zero-order valence-corrected chi connectivity index (χ0v) is 13.3. The van der Waals surface area contributed by atoms with E-state index in [0.29, 0.717) is 6.42 Å². The van der Waals surface area contributed by atoms with Gasteiger partial charge >= 0.3 is 0 Å². The van der Waals surface area contributed by atoms with E-state index in [1.54, 1.807) is 0 Å². The van der Waals surface area contributed by atoms with Gasteiger partial charge in [0.1, 0.15) is 10.8 Å². The zero-order valence-electron chi connectivity index (χ0n) is 12.5. The van der Waals surface area contributed by atoms with Gasteiger partial charge in [-0.2, -0.15) is 0 Å². The second-order valence-electron chi connectivity index (χ2n) is 4.83. The molecule has 0 aliphatic carbocycles. The van der Waals surface area contributed by atoms with Crippen LogP contribution < -0.4 is 11.1 Å². The summed E-state index contributed by atoms with van der Waals surface area (Å²) in [6.45, 7) is 3.68. The molecule has 0 unspecified atom stereocenters. The second-order valence-corrected chi connectivity index (χ2v) is 5.78. The molecule has 0 bridgehead atoms. The first-order valence-corrected chi connectivity index (χ1v) is 7.63. The normalized spacial score (nSPS) is 11.3. The number of carbonyl (C=O) groups is 1. The van der Waals surface area contributed by atoms with Gasteiger partial charge in [-0.25, -0.2) is 4.98 Å². The number of aromatic nitrogens is 1. The molecular weight excluding hydrogens is 300 g/mol. The number of nitrogens with two attached hydrogens (primary N) is 1. The van der Waals surface area contributed by atoms with Gasteiger partial charge in [0.15, 0.2) is 6.61 Å². The average molecular weight is 318 g/mol. The molecule has 7 heteroatoms. The average Bonchev–Trinajstić information content (AvgIpc) is 2.84. The van der Waals surface area contributed by atoms with Gasteiger partial charge in [0.2, 0.25) is 0 Å². The number of benzene rings is 1. The van der Waals surface area contributed by atoms with E-state index in [0.717, 1.165) is 22.0 Å². The third-order valence-corrected chi connectivity index (χ3v) is 3.64. The summed E-state index contributed by atoms with van der Waals surface area (Å²) >= 11 is 1.51. The summed E-state index contributed by atoms with van der Waals surface area (Å²) in [5, 5.41) is 9.26. The zero-order chi connectivity index (χ0) is 15.9. The molecule has 1 heterocycles. The van der Waals surface area contributed by atoms with Crippen LogP contribution in [0.25, 0.3) is 0 Å². The highest BCUT2D eigenvalue weighted by Gasteiger charge is 2.05. The van der Waals surface area contributed by atoms with Gasteiger partial charge in [-0.15, -0.1) is 11.3 Å². The Bertz CT molecular complexity index is 682. The first-order valence-electron chi connectivity index (χ1n) is 6.75. The van der Waals surface area contributed by atoms with E-state index in [1.165, 1.54) is 11.3 Å². The number of hydrogen-bond acceptors (Lipinski definition) is 5. The van der Waals surface area contributed by atoms with Crippen LogP contribution in [-0.2, 0) is 16.1 Å². The molecule has 2 aromatic rings. The van der Waals surface area contributed by atoms with Crippen molar-refractivity contribution in [3.05, 3.63) is 45.9 Å². The van der Waals surface area contributed by atoms with Crippen molar-refractivity contribution >= 4 is 28.8 Å². The molecule has 1 aromatic carbocycles. The lowest BCUT2D eigenvalue weighted by molar-refractivity contribution is -0.120. The van der Waals surface area contributed by atoms with Crippen molar-refractivity contribution in [3.8, 4) is 0 Å². The molecule has 2 rings (SSSR count). The molecule has 6 nitrogen and oxygen atoms in total. The Kier molecular flexibility index (Phi) is 5.48. The van der Waals surface area contributed by atoms with Crippen LogP contribution in [0, 0.1) is 13.8 Å². The predicted molar refractivity (Wildman–Crippen MR) is 87.9 cm³/mol. The fourth-order valence-electron chi connectivity index (χ4n) is 1.76. The second kappa shape index (κ2) is 7.56. The lowest BCUT2D eigenvalue weighted by Gasteiger charge is -2.05. The van der Waals surface area contributed by atoms with Crippen molar-refractivity contribution in [3.63, 3.8) is 0 Å². The van der Waals surface area contributed by atoms with Crippen LogP contribution in [-0.4, -0.2) is 23.3 Å². The molecular formula is C15H18N4O2S. The van der Waals surface area contributed by atoms with Crippen LogP contribution in [0.4, 0.5) is 5.69 Å². The van der Waals surface area contributed by atoms with Crippen molar-refractivity contribution in [2.75, 3.05) is 11.9 Å². The number of nitrogens with one attached hydrogen (secondary N) is 1. The van der Waals surface area contributed by atoms with Gasteiger partial charge in [-0.1, -0.05) is 17.3 Å². The number of aryl methyl sites for hydroxylation is 2. The number of amides is 1. The van der Waals surface area contributed by atoms with Crippen molar-refractivity contribution in [1.82, 2.24) is 4.98 Å². The lowest BCUT2D eigenvalue weighted by Crippen LogP contribution is -2.20. The highest BCUT2D eigenvalue weighted by molar-refractivity contribution is 7.09. The maximum absolute atomic E-state index is 11.7. The molecule has 0 saturated carbocycles. The number of carbonyl (C=O) groups excluding carboxylic acids is 1. The number of anilines is 1. The molecule has 0 saturated heterocycles. The predicted octanol–water partition coefficient (Wildman–Crippen LogP) is 2.23. The quantitative estimate of drug-likeness (QED) is 0.485. The maximum Gasteiger partial charge on any atom is 0.265 e. The van der Waals surface area contributed by atoms with Crippen LogP contribution in [0.1, 0.15) is 16.3 Å². The number of thiazole rings is 1. The SMILES string of the molecule is Cc1cccc(NC(=O)CON=C(N)Cc2nc(C)cs2)c1. The number of rotatable bonds is 6. The first kappa shape index (κ1) is 16.0. The molecule has 0 fully saturated rings.